The van der Waals surface area contributed by atoms with E-state index < -0.39 is 0 Å². The number of nitrogens with one attached hydrogen (secondary N) is 1. The van der Waals surface area contributed by atoms with Gasteiger partial charge in [0, 0.05) is 37.6 Å². The minimum Gasteiger partial charge on any atom is -0.454 e. The SMILES string of the molecule is O=C(Cn1cnc2sc3c(c2c1=O)CCCC3)NCC(=O)N1CCN(Cc2ccc3c(c2)OCO3)CC1. The lowest BCUT2D eigenvalue weighted by Crippen LogP contribution is -2.51. The van der Waals surface area contributed by atoms with Crippen LogP contribution in [0.4, 0.5) is 0 Å². The standard InChI is InChI=1S/C26H29N5O5S/c32-22(14-31-15-28-25-24(26(31)34)18-3-1-2-4-21(18)37-25)27-12-23(33)30-9-7-29(8-10-30)13-17-5-6-19-20(11-17)36-16-35-19/h5-6,11,15H,1-4,7-10,12-14,16H2,(H,27,32). The average molecular weight is 524 g/mol. The fourth-order valence-corrected chi connectivity index (χ4v) is 6.46. The number of carbonyl (C=O) groups is 2. The summed E-state index contributed by atoms with van der Waals surface area (Å²) in [4.78, 5) is 48.8. The molecule has 0 radical (unpaired) electrons. The molecule has 0 saturated carbocycles. The number of thiophene rings is 1. The van der Waals surface area contributed by atoms with E-state index in [9.17, 15) is 14.4 Å². The highest BCUT2D eigenvalue weighted by Gasteiger charge is 2.23. The monoisotopic (exact) mass is 523 g/mol. The molecule has 6 rings (SSSR count). The van der Waals surface area contributed by atoms with Gasteiger partial charge >= 0.3 is 0 Å². The van der Waals surface area contributed by atoms with Crippen molar-refractivity contribution in [3.8, 4) is 11.5 Å². The summed E-state index contributed by atoms with van der Waals surface area (Å²) in [6, 6.07) is 5.96. The van der Waals surface area contributed by atoms with Crippen LogP contribution in [0.1, 0.15) is 28.8 Å². The van der Waals surface area contributed by atoms with Crippen molar-refractivity contribution in [2.24, 2.45) is 0 Å². The molecule has 194 valence electrons. The van der Waals surface area contributed by atoms with Crippen LogP contribution in [0.15, 0.2) is 29.3 Å². The zero-order valence-electron chi connectivity index (χ0n) is 20.5. The fraction of sp³-hybridized carbons (Fsp3) is 0.462. The molecule has 1 N–H and O–H groups in total. The van der Waals surface area contributed by atoms with E-state index in [1.165, 1.54) is 15.8 Å². The van der Waals surface area contributed by atoms with Crippen LogP contribution in [-0.4, -0.2) is 70.7 Å². The maximum absolute atomic E-state index is 13.1. The summed E-state index contributed by atoms with van der Waals surface area (Å²) in [6.07, 6.45) is 5.53. The van der Waals surface area contributed by atoms with Crippen molar-refractivity contribution < 1.29 is 19.1 Å². The predicted molar refractivity (Wildman–Crippen MR) is 138 cm³/mol. The van der Waals surface area contributed by atoms with Gasteiger partial charge in [0.15, 0.2) is 11.5 Å². The minimum atomic E-state index is -0.373. The number of benzene rings is 1. The quantitative estimate of drug-likeness (QED) is 0.522. The molecule has 4 heterocycles. The van der Waals surface area contributed by atoms with Gasteiger partial charge in [-0.05, 0) is 48.9 Å². The third kappa shape index (κ3) is 4.93. The molecule has 0 unspecified atom stereocenters. The summed E-state index contributed by atoms with van der Waals surface area (Å²) in [7, 11) is 0. The lowest BCUT2D eigenvalue weighted by atomic mass is 9.97. The number of rotatable bonds is 6. The number of fused-ring (bicyclic) bond motifs is 4. The van der Waals surface area contributed by atoms with E-state index in [2.05, 4.69) is 15.2 Å². The van der Waals surface area contributed by atoms with Crippen LogP contribution in [0.2, 0.25) is 0 Å². The minimum absolute atomic E-state index is 0.0841. The van der Waals surface area contributed by atoms with Gasteiger partial charge in [0.05, 0.1) is 18.3 Å². The Labute approximate surface area is 217 Å². The van der Waals surface area contributed by atoms with Crippen molar-refractivity contribution in [2.45, 2.75) is 38.8 Å². The van der Waals surface area contributed by atoms with Crippen LogP contribution in [0.25, 0.3) is 10.2 Å². The van der Waals surface area contributed by atoms with Crippen LogP contribution >= 0.6 is 11.3 Å². The van der Waals surface area contributed by atoms with Gasteiger partial charge in [0.25, 0.3) is 5.56 Å². The second-order valence-electron chi connectivity index (χ2n) is 9.69. The van der Waals surface area contributed by atoms with E-state index in [0.29, 0.717) is 18.5 Å². The number of ether oxygens (including phenoxy) is 2. The highest BCUT2D eigenvalue weighted by molar-refractivity contribution is 7.18. The van der Waals surface area contributed by atoms with Gasteiger partial charge in [-0.25, -0.2) is 4.98 Å². The van der Waals surface area contributed by atoms with Gasteiger partial charge in [-0.15, -0.1) is 11.3 Å². The zero-order chi connectivity index (χ0) is 25.4. The largest absolute Gasteiger partial charge is 0.454 e. The first-order chi connectivity index (χ1) is 18.0. The van der Waals surface area contributed by atoms with E-state index in [4.69, 9.17) is 9.47 Å². The molecule has 2 aliphatic heterocycles. The molecule has 2 aromatic heterocycles. The predicted octanol–water partition coefficient (Wildman–Crippen LogP) is 1.53. The number of piperazine rings is 1. The smallest absolute Gasteiger partial charge is 0.262 e. The lowest BCUT2D eigenvalue weighted by Gasteiger charge is -2.34. The third-order valence-corrected chi connectivity index (χ3v) is 8.46. The Kier molecular flexibility index (Phi) is 6.56. The summed E-state index contributed by atoms with van der Waals surface area (Å²) in [5.41, 5.74) is 2.07. The van der Waals surface area contributed by atoms with Crippen LogP contribution < -0.4 is 20.3 Å². The first-order valence-corrected chi connectivity index (χ1v) is 13.5. The molecule has 0 spiro atoms. The summed E-state index contributed by atoms with van der Waals surface area (Å²) in [5.74, 6) is 1.05. The van der Waals surface area contributed by atoms with Gasteiger partial charge in [-0.1, -0.05) is 6.07 Å². The molecule has 37 heavy (non-hydrogen) atoms. The van der Waals surface area contributed by atoms with Crippen molar-refractivity contribution in [1.82, 2.24) is 24.7 Å². The van der Waals surface area contributed by atoms with Crippen molar-refractivity contribution in [3.63, 3.8) is 0 Å². The van der Waals surface area contributed by atoms with Gasteiger partial charge < -0.3 is 19.7 Å². The Morgan fingerprint density at radius 3 is 2.73 bits per heavy atom. The maximum Gasteiger partial charge on any atom is 0.262 e. The third-order valence-electron chi connectivity index (χ3n) is 7.26. The molecule has 3 aliphatic rings. The molecule has 1 aliphatic carbocycles. The number of aryl methyl sites for hydroxylation is 2. The summed E-state index contributed by atoms with van der Waals surface area (Å²) in [5, 5.41) is 3.34. The molecular weight excluding hydrogens is 494 g/mol. The van der Waals surface area contributed by atoms with E-state index >= 15 is 0 Å². The Balaban J connectivity index is 0.991. The van der Waals surface area contributed by atoms with Crippen LogP contribution in [0.5, 0.6) is 11.5 Å². The Morgan fingerprint density at radius 1 is 1.05 bits per heavy atom. The molecule has 2 amide bonds. The van der Waals surface area contributed by atoms with E-state index in [0.717, 1.165) is 72.8 Å². The van der Waals surface area contributed by atoms with E-state index in [1.807, 2.05) is 18.2 Å². The van der Waals surface area contributed by atoms with Gasteiger partial charge in [0.1, 0.15) is 11.4 Å². The van der Waals surface area contributed by atoms with Crippen LogP contribution in [0.3, 0.4) is 0 Å². The second kappa shape index (κ2) is 10.1. The molecule has 1 aromatic carbocycles. The highest BCUT2D eigenvalue weighted by Crippen LogP contribution is 2.34. The van der Waals surface area contributed by atoms with Crippen molar-refractivity contribution in [3.05, 3.63) is 50.9 Å². The van der Waals surface area contributed by atoms with E-state index in [1.54, 1.807) is 16.2 Å². The van der Waals surface area contributed by atoms with Crippen LogP contribution in [0, 0.1) is 0 Å². The molecule has 0 bridgehead atoms. The summed E-state index contributed by atoms with van der Waals surface area (Å²) < 4.78 is 12.2. The van der Waals surface area contributed by atoms with Crippen LogP contribution in [-0.2, 0) is 35.5 Å². The van der Waals surface area contributed by atoms with Gasteiger partial charge in [-0.3, -0.25) is 23.9 Å². The number of carbonyl (C=O) groups excluding carboxylic acids is 2. The summed E-state index contributed by atoms with van der Waals surface area (Å²) >= 11 is 1.59. The number of hydrogen-bond donors (Lipinski definition) is 1. The fourth-order valence-electron chi connectivity index (χ4n) is 5.24. The Morgan fingerprint density at radius 2 is 1.86 bits per heavy atom. The highest BCUT2D eigenvalue weighted by atomic mass is 32.1. The number of hydrogen-bond acceptors (Lipinski definition) is 8. The van der Waals surface area contributed by atoms with E-state index in [-0.39, 0.29) is 37.3 Å². The zero-order valence-corrected chi connectivity index (χ0v) is 21.3. The Bertz CT molecular complexity index is 1410. The number of nitrogens with zero attached hydrogens (tertiary/aromatic N) is 4. The number of aromatic nitrogens is 2. The maximum atomic E-state index is 13.1. The van der Waals surface area contributed by atoms with Crippen molar-refractivity contribution in [2.75, 3.05) is 39.5 Å². The molecular formula is C26H29N5O5S. The molecule has 1 saturated heterocycles. The molecule has 1 fully saturated rings. The van der Waals surface area contributed by atoms with Gasteiger partial charge in [-0.2, -0.15) is 0 Å². The molecule has 3 aromatic rings. The van der Waals surface area contributed by atoms with Crippen molar-refractivity contribution >= 4 is 33.4 Å². The average Bonchev–Trinajstić information content (AvgIpc) is 3.54. The molecule has 11 heteroatoms. The number of amides is 2. The second-order valence-corrected chi connectivity index (χ2v) is 10.8. The van der Waals surface area contributed by atoms with Gasteiger partial charge in [0.2, 0.25) is 18.6 Å². The topological polar surface area (TPSA) is 106 Å². The summed E-state index contributed by atoms with van der Waals surface area (Å²) in [6.45, 7) is 3.50. The lowest BCUT2D eigenvalue weighted by molar-refractivity contribution is -0.134. The van der Waals surface area contributed by atoms with Crippen molar-refractivity contribution in [1.29, 1.82) is 0 Å². The molecule has 10 nitrogen and oxygen atoms in total. The first kappa shape index (κ1) is 23.9. The first-order valence-electron chi connectivity index (χ1n) is 12.7. The normalized spacial score (nSPS) is 17.1. The Hall–Kier alpha value is -3.44. The molecule has 0 atom stereocenters.